The first kappa shape index (κ1) is 19.4. The number of thioether (sulfide) groups is 1. The van der Waals surface area contributed by atoms with Crippen molar-refractivity contribution in [3.05, 3.63) is 54.3 Å². The van der Waals surface area contributed by atoms with Crippen LogP contribution in [0.25, 0.3) is 0 Å². The van der Waals surface area contributed by atoms with Crippen LogP contribution in [0.4, 0.5) is 15.8 Å². The molecular formula is C21H23FN2O2S. The van der Waals surface area contributed by atoms with Gasteiger partial charge in [0, 0.05) is 22.2 Å². The third kappa shape index (κ3) is 6.10. The van der Waals surface area contributed by atoms with Gasteiger partial charge in [0.2, 0.25) is 11.8 Å². The van der Waals surface area contributed by atoms with Crippen molar-refractivity contribution in [2.24, 2.45) is 5.92 Å². The molecule has 0 spiro atoms. The summed E-state index contributed by atoms with van der Waals surface area (Å²) in [7, 11) is 0. The first-order valence-electron chi connectivity index (χ1n) is 9.19. The third-order valence-corrected chi connectivity index (χ3v) is 5.61. The molecule has 142 valence electrons. The molecule has 0 saturated heterocycles. The molecule has 2 amide bonds. The first-order chi connectivity index (χ1) is 13.1. The van der Waals surface area contributed by atoms with E-state index in [4.69, 9.17) is 0 Å². The zero-order chi connectivity index (χ0) is 19.1. The summed E-state index contributed by atoms with van der Waals surface area (Å²) in [5, 5.41) is 5.71. The van der Waals surface area contributed by atoms with E-state index in [1.807, 2.05) is 24.3 Å². The fourth-order valence-electron chi connectivity index (χ4n) is 3.12. The smallest absolute Gasteiger partial charge is 0.234 e. The maximum atomic E-state index is 12.9. The van der Waals surface area contributed by atoms with Crippen LogP contribution in [0.1, 0.15) is 32.1 Å². The summed E-state index contributed by atoms with van der Waals surface area (Å²) in [6.45, 7) is 0. The van der Waals surface area contributed by atoms with Crippen molar-refractivity contribution in [2.45, 2.75) is 37.0 Å². The lowest BCUT2D eigenvalue weighted by Crippen LogP contribution is -2.24. The fourth-order valence-corrected chi connectivity index (χ4v) is 3.82. The minimum Gasteiger partial charge on any atom is -0.326 e. The molecule has 0 heterocycles. The molecule has 2 N–H and O–H groups in total. The van der Waals surface area contributed by atoms with Gasteiger partial charge in [0.15, 0.2) is 0 Å². The Morgan fingerprint density at radius 1 is 0.889 bits per heavy atom. The second-order valence-electron chi connectivity index (χ2n) is 6.69. The maximum Gasteiger partial charge on any atom is 0.234 e. The Morgan fingerprint density at radius 2 is 1.48 bits per heavy atom. The summed E-state index contributed by atoms with van der Waals surface area (Å²) in [6.07, 6.45) is 5.44. The van der Waals surface area contributed by atoms with E-state index >= 15 is 0 Å². The fraction of sp³-hybridized carbons (Fsp3) is 0.333. The molecule has 0 bridgehead atoms. The van der Waals surface area contributed by atoms with Crippen molar-refractivity contribution >= 4 is 35.0 Å². The van der Waals surface area contributed by atoms with Gasteiger partial charge in [-0.2, -0.15) is 0 Å². The van der Waals surface area contributed by atoms with E-state index in [0.29, 0.717) is 5.69 Å². The first-order valence-corrected chi connectivity index (χ1v) is 10.2. The van der Waals surface area contributed by atoms with Crippen molar-refractivity contribution in [1.29, 1.82) is 0 Å². The van der Waals surface area contributed by atoms with Gasteiger partial charge in [-0.25, -0.2) is 4.39 Å². The number of anilines is 2. The summed E-state index contributed by atoms with van der Waals surface area (Å²) >= 11 is 1.41. The maximum absolute atomic E-state index is 12.9. The largest absolute Gasteiger partial charge is 0.326 e. The van der Waals surface area contributed by atoms with Gasteiger partial charge in [0.1, 0.15) is 5.82 Å². The number of hydrogen-bond acceptors (Lipinski definition) is 3. The predicted molar refractivity (Wildman–Crippen MR) is 107 cm³/mol. The zero-order valence-corrected chi connectivity index (χ0v) is 15.9. The molecule has 1 aliphatic carbocycles. The Balaban J connectivity index is 1.45. The van der Waals surface area contributed by atoms with Crippen molar-refractivity contribution < 1.29 is 14.0 Å². The molecule has 27 heavy (non-hydrogen) atoms. The molecule has 1 aliphatic rings. The van der Waals surface area contributed by atoms with Gasteiger partial charge in [-0.3, -0.25) is 9.59 Å². The van der Waals surface area contributed by atoms with Crippen LogP contribution < -0.4 is 10.6 Å². The minimum absolute atomic E-state index is 0.105. The molecule has 2 aromatic carbocycles. The van der Waals surface area contributed by atoms with Crippen molar-refractivity contribution in [3.8, 4) is 0 Å². The van der Waals surface area contributed by atoms with E-state index in [1.54, 1.807) is 0 Å². The lowest BCUT2D eigenvalue weighted by atomic mass is 9.88. The van der Waals surface area contributed by atoms with Crippen LogP contribution in [0.2, 0.25) is 0 Å². The molecule has 1 saturated carbocycles. The number of carbonyl (C=O) groups is 2. The Labute approximate surface area is 162 Å². The van der Waals surface area contributed by atoms with E-state index in [2.05, 4.69) is 10.6 Å². The molecule has 0 unspecified atom stereocenters. The zero-order valence-electron chi connectivity index (χ0n) is 15.0. The Bertz CT molecular complexity index is 772. The minimum atomic E-state index is -0.335. The molecule has 0 radical (unpaired) electrons. The van der Waals surface area contributed by atoms with Crippen LogP contribution >= 0.6 is 11.8 Å². The van der Waals surface area contributed by atoms with Crippen LogP contribution in [0, 0.1) is 11.7 Å². The lowest BCUT2D eigenvalue weighted by Gasteiger charge is -2.20. The molecular weight excluding hydrogens is 363 g/mol. The number of hydrogen-bond donors (Lipinski definition) is 2. The second-order valence-corrected chi connectivity index (χ2v) is 7.74. The van der Waals surface area contributed by atoms with E-state index in [9.17, 15) is 14.0 Å². The normalized spacial score (nSPS) is 14.6. The van der Waals surface area contributed by atoms with Crippen LogP contribution in [0.15, 0.2) is 53.4 Å². The monoisotopic (exact) mass is 386 g/mol. The third-order valence-electron chi connectivity index (χ3n) is 4.60. The van der Waals surface area contributed by atoms with Gasteiger partial charge in [-0.1, -0.05) is 19.3 Å². The Morgan fingerprint density at radius 3 is 2.15 bits per heavy atom. The summed E-state index contributed by atoms with van der Waals surface area (Å²) in [4.78, 5) is 25.2. The van der Waals surface area contributed by atoms with Crippen molar-refractivity contribution in [3.63, 3.8) is 0 Å². The molecule has 0 atom stereocenters. The van der Waals surface area contributed by atoms with E-state index in [1.165, 1.54) is 42.4 Å². The van der Waals surface area contributed by atoms with Crippen LogP contribution in [0.5, 0.6) is 0 Å². The van der Waals surface area contributed by atoms with Gasteiger partial charge in [0.25, 0.3) is 0 Å². The average Bonchev–Trinajstić information content (AvgIpc) is 2.70. The molecule has 4 nitrogen and oxygen atoms in total. The Kier molecular flexibility index (Phi) is 6.87. The number of carbonyl (C=O) groups excluding carboxylic acids is 2. The highest BCUT2D eigenvalue weighted by Gasteiger charge is 2.20. The average molecular weight is 386 g/mol. The van der Waals surface area contributed by atoms with E-state index in [-0.39, 0.29) is 29.3 Å². The van der Waals surface area contributed by atoms with Gasteiger partial charge >= 0.3 is 0 Å². The molecule has 6 heteroatoms. The van der Waals surface area contributed by atoms with Crippen LogP contribution in [-0.4, -0.2) is 17.6 Å². The number of benzene rings is 2. The summed E-state index contributed by atoms with van der Waals surface area (Å²) in [6, 6.07) is 13.2. The second kappa shape index (κ2) is 9.55. The number of amides is 2. The van der Waals surface area contributed by atoms with Crippen molar-refractivity contribution in [2.75, 3.05) is 16.4 Å². The Hall–Kier alpha value is -2.34. The number of rotatable bonds is 6. The van der Waals surface area contributed by atoms with Gasteiger partial charge in [-0.05, 0) is 61.4 Å². The molecule has 0 aliphatic heterocycles. The van der Waals surface area contributed by atoms with Crippen molar-refractivity contribution in [1.82, 2.24) is 0 Å². The highest BCUT2D eigenvalue weighted by Crippen LogP contribution is 2.26. The van der Waals surface area contributed by atoms with Crippen LogP contribution in [-0.2, 0) is 9.59 Å². The van der Waals surface area contributed by atoms with Gasteiger partial charge in [-0.15, -0.1) is 11.8 Å². The van der Waals surface area contributed by atoms with Crippen LogP contribution in [0.3, 0.4) is 0 Å². The summed E-state index contributed by atoms with van der Waals surface area (Å²) < 4.78 is 12.9. The highest BCUT2D eigenvalue weighted by atomic mass is 32.2. The predicted octanol–water partition coefficient (Wildman–Crippen LogP) is 5.08. The number of halogens is 1. The highest BCUT2D eigenvalue weighted by molar-refractivity contribution is 8.00. The summed E-state index contributed by atoms with van der Waals surface area (Å²) in [5.74, 6) is 0.00147. The molecule has 3 rings (SSSR count). The van der Waals surface area contributed by atoms with Gasteiger partial charge in [0.05, 0.1) is 5.75 Å². The quantitative estimate of drug-likeness (QED) is 0.681. The topological polar surface area (TPSA) is 58.2 Å². The number of nitrogens with one attached hydrogen (secondary N) is 2. The molecule has 2 aromatic rings. The lowest BCUT2D eigenvalue weighted by molar-refractivity contribution is -0.120. The van der Waals surface area contributed by atoms with E-state index < -0.39 is 0 Å². The van der Waals surface area contributed by atoms with E-state index in [0.717, 1.165) is 36.3 Å². The SMILES string of the molecule is O=C(CSc1ccc(NC(=O)C2CCCCC2)cc1)Nc1ccc(F)cc1. The standard InChI is InChI=1S/C21H23FN2O2S/c22-16-6-8-17(9-7-16)23-20(25)14-27-19-12-10-18(11-13-19)24-21(26)15-4-2-1-3-5-15/h6-13,15H,1-5,14H2,(H,23,25)(H,24,26). The summed E-state index contributed by atoms with van der Waals surface area (Å²) in [5.41, 5.74) is 1.36. The molecule has 1 fully saturated rings. The molecule has 0 aromatic heterocycles. The van der Waals surface area contributed by atoms with Gasteiger partial charge < -0.3 is 10.6 Å².